The standard InChI is InChI=1S/C27H33N3O2/c1-17-4-3-5-23(18(17)2)25(26-24-15-20(24)10-12-28-26)14-19-6-8-21(9-7-19)29-27(31)30-22-11-13-32-16-22/h3-8,12,20-22,25H,9-11,13-16H2,1-2H3,(H2,29,30,31). The van der Waals surface area contributed by atoms with Gasteiger partial charge in [0.2, 0.25) is 0 Å². The van der Waals surface area contributed by atoms with E-state index in [4.69, 9.17) is 9.73 Å². The number of carbonyl (C=O) groups excluding carboxylic acids is 1. The molecule has 2 heterocycles. The zero-order chi connectivity index (χ0) is 22.1. The fourth-order valence-electron chi connectivity index (χ4n) is 5.13. The van der Waals surface area contributed by atoms with E-state index in [9.17, 15) is 4.79 Å². The molecule has 0 aromatic heterocycles. The van der Waals surface area contributed by atoms with Crippen molar-refractivity contribution in [2.24, 2.45) is 10.9 Å². The predicted octanol–water partition coefficient (Wildman–Crippen LogP) is 4.87. The molecule has 5 nitrogen and oxygen atoms in total. The molecular formula is C27H33N3O2. The summed E-state index contributed by atoms with van der Waals surface area (Å²) in [6, 6.07) is 6.69. The van der Waals surface area contributed by atoms with Crippen LogP contribution in [0.4, 0.5) is 4.79 Å². The average molecular weight is 432 g/mol. The van der Waals surface area contributed by atoms with E-state index in [2.05, 4.69) is 67.1 Å². The minimum absolute atomic E-state index is 0.0303. The lowest BCUT2D eigenvalue weighted by atomic mass is 9.83. The number of allylic oxidation sites excluding steroid dienone is 4. The number of amides is 2. The third-order valence-electron chi connectivity index (χ3n) is 7.30. The summed E-state index contributed by atoms with van der Waals surface area (Å²) >= 11 is 0. The number of nitrogens with one attached hydrogen (secondary N) is 2. The fraction of sp³-hybridized carbons (Fsp3) is 0.481. The lowest BCUT2D eigenvalue weighted by molar-refractivity contribution is 0.188. The molecule has 4 unspecified atom stereocenters. The Balaban J connectivity index is 1.28. The van der Waals surface area contributed by atoms with E-state index in [-0.39, 0.29) is 24.0 Å². The van der Waals surface area contributed by atoms with Crippen molar-refractivity contribution < 1.29 is 9.53 Å². The van der Waals surface area contributed by atoms with Gasteiger partial charge in [0, 0.05) is 24.4 Å². The highest BCUT2D eigenvalue weighted by atomic mass is 16.5. The summed E-state index contributed by atoms with van der Waals surface area (Å²) in [4.78, 5) is 17.2. The molecule has 5 heteroatoms. The quantitative estimate of drug-likeness (QED) is 0.675. The van der Waals surface area contributed by atoms with Gasteiger partial charge in [0.05, 0.1) is 18.7 Å². The highest BCUT2D eigenvalue weighted by molar-refractivity contribution is 5.75. The first kappa shape index (κ1) is 21.2. The molecule has 2 aliphatic carbocycles. The summed E-state index contributed by atoms with van der Waals surface area (Å²) in [5.41, 5.74) is 8.28. The Bertz CT molecular complexity index is 1010. The van der Waals surface area contributed by atoms with E-state index in [1.807, 2.05) is 0 Å². The minimum atomic E-state index is -0.108. The highest BCUT2D eigenvalue weighted by Crippen LogP contribution is 2.50. The Labute approximate surface area is 190 Å². The van der Waals surface area contributed by atoms with Crippen LogP contribution in [0.3, 0.4) is 0 Å². The Morgan fingerprint density at radius 2 is 2.16 bits per heavy atom. The molecule has 1 saturated heterocycles. The van der Waals surface area contributed by atoms with Crippen molar-refractivity contribution in [1.29, 1.82) is 0 Å². The van der Waals surface area contributed by atoms with Crippen molar-refractivity contribution in [2.75, 3.05) is 13.2 Å². The molecule has 2 fully saturated rings. The molecule has 32 heavy (non-hydrogen) atoms. The van der Waals surface area contributed by atoms with Crippen LogP contribution in [0.25, 0.3) is 0 Å². The Morgan fingerprint density at radius 1 is 1.25 bits per heavy atom. The summed E-state index contributed by atoms with van der Waals surface area (Å²) in [6.45, 7) is 5.76. The van der Waals surface area contributed by atoms with Crippen LogP contribution in [-0.2, 0) is 4.74 Å². The molecule has 4 aliphatic rings. The Hall–Kier alpha value is -2.66. The lowest BCUT2D eigenvalue weighted by Gasteiger charge is -2.25. The normalized spacial score (nSPS) is 27.1. The molecule has 0 bridgehead atoms. The number of ether oxygens (including phenoxy) is 1. The van der Waals surface area contributed by atoms with Crippen LogP contribution >= 0.6 is 0 Å². The van der Waals surface area contributed by atoms with Crippen molar-refractivity contribution in [1.82, 2.24) is 10.6 Å². The van der Waals surface area contributed by atoms with Crippen molar-refractivity contribution >= 4 is 12.2 Å². The van der Waals surface area contributed by atoms with Crippen LogP contribution in [-0.4, -0.2) is 37.5 Å². The van der Waals surface area contributed by atoms with E-state index in [0.717, 1.165) is 38.2 Å². The van der Waals surface area contributed by atoms with Crippen LogP contribution in [0.2, 0.25) is 0 Å². The van der Waals surface area contributed by atoms with E-state index < -0.39 is 0 Å². The summed E-state index contributed by atoms with van der Waals surface area (Å²) in [5.74, 6) is 1.01. The molecular weight excluding hydrogens is 398 g/mol. The smallest absolute Gasteiger partial charge is 0.315 e. The molecule has 0 radical (unpaired) electrons. The Morgan fingerprint density at radius 3 is 2.94 bits per heavy atom. The van der Waals surface area contributed by atoms with Crippen molar-refractivity contribution in [2.45, 2.75) is 64.0 Å². The van der Waals surface area contributed by atoms with Gasteiger partial charge in [-0.2, -0.15) is 0 Å². The highest BCUT2D eigenvalue weighted by Gasteiger charge is 2.37. The topological polar surface area (TPSA) is 62.7 Å². The number of aryl methyl sites for hydroxylation is 1. The molecule has 4 atom stereocenters. The predicted molar refractivity (Wildman–Crippen MR) is 128 cm³/mol. The molecule has 1 aromatic rings. The number of benzene rings is 1. The number of carbonyl (C=O) groups is 1. The lowest BCUT2D eigenvalue weighted by Crippen LogP contribution is -2.46. The zero-order valence-corrected chi connectivity index (χ0v) is 19.1. The largest absolute Gasteiger partial charge is 0.379 e. The molecule has 2 amide bonds. The van der Waals surface area contributed by atoms with E-state index in [1.165, 1.54) is 34.4 Å². The van der Waals surface area contributed by atoms with Crippen LogP contribution in [0, 0.1) is 19.8 Å². The number of aliphatic imine (C=N–C) groups is 1. The van der Waals surface area contributed by atoms with Gasteiger partial charge in [-0.05, 0) is 74.1 Å². The Kier molecular flexibility index (Phi) is 6.01. The van der Waals surface area contributed by atoms with Crippen molar-refractivity contribution in [3.63, 3.8) is 0 Å². The van der Waals surface area contributed by atoms with Gasteiger partial charge in [0.15, 0.2) is 0 Å². The van der Waals surface area contributed by atoms with Gasteiger partial charge in [-0.25, -0.2) is 4.79 Å². The van der Waals surface area contributed by atoms with Gasteiger partial charge in [0.25, 0.3) is 0 Å². The summed E-state index contributed by atoms with van der Waals surface area (Å²) in [6.07, 6.45) is 13.7. The summed E-state index contributed by atoms with van der Waals surface area (Å²) < 4.78 is 5.33. The van der Waals surface area contributed by atoms with Gasteiger partial charge in [-0.1, -0.05) is 42.0 Å². The van der Waals surface area contributed by atoms with E-state index >= 15 is 0 Å². The van der Waals surface area contributed by atoms with Crippen LogP contribution in [0.5, 0.6) is 0 Å². The molecule has 5 rings (SSSR count). The average Bonchev–Trinajstić information content (AvgIpc) is 3.42. The number of nitrogens with zero attached hydrogens (tertiary/aromatic N) is 1. The van der Waals surface area contributed by atoms with Gasteiger partial charge in [-0.3, -0.25) is 4.99 Å². The van der Waals surface area contributed by atoms with Crippen LogP contribution in [0.15, 0.2) is 58.3 Å². The number of urea groups is 1. The number of rotatable bonds is 6. The monoisotopic (exact) mass is 431 g/mol. The minimum Gasteiger partial charge on any atom is -0.379 e. The second-order valence-electron chi connectivity index (χ2n) is 9.56. The van der Waals surface area contributed by atoms with Gasteiger partial charge < -0.3 is 15.4 Å². The first-order valence-electron chi connectivity index (χ1n) is 11.9. The van der Waals surface area contributed by atoms with Gasteiger partial charge in [-0.15, -0.1) is 0 Å². The molecule has 2 N–H and O–H groups in total. The van der Waals surface area contributed by atoms with Crippen molar-refractivity contribution in [3.8, 4) is 0 Å². The fourth-order valence-corrected chi connectivity index (χ4v) is 5.13. The second kappa shape index (κ2) is 9.07. The summed E-state index contributed by atoms with van der Waals surface area (Å²) in [5, 5.41) is 6.08. The first-order chi connectivity index (χ1) is 15.6. The molecule has 1 saturated carbocycles. The molecule has 168 valence electrons. The molecule has 0 spiro atoms. The first-order valence-corrected chi connectivity index (χ1v) is 11.9. The third-order valence-corrected chi connectivity index (χ3v) is 7.30. The van der Waals surface area contributed by atoms with Crippen LogP contribution in [0.1, 0.15) is 54.7 Å². The molecule has 1 aromatic carbocycles. The molecule has 2 aliphatic heterocycles. The summed E-state index contributed by atoms with van der Waals surface area (Å²) in [7, 11) is 0. The van der Waals surface area contributed by atoms with E-state index in [0.29, 0.717) is 6.61 Å². The number of hydrogen-bond acceptors (Lipinski definition) is 3. The van der Waals surface area contributed by atoms with Gasteiger partial charge >= 0.3 is 6.03 Å². The third kappa shape index (κ3) is 4.58. The second-order valence-corrected chi connectivity index (χ2v) is 9.56. The maximum absolute atomic E-state index is 12.3. The SMILES string of the molecule is Cc1cccc(C(CC2=CCC(NC(=O)NC3CCOC3)C=C2)C2=C3CC3CC=N2)c1C. The number of hydrogen-bond donors (Lipinski definition) is 2. The van der Waals surface area contributed by atoms with Gasteiger partial charge in [0.1, 0.15) is 0 Å². The maximum atomic E-state index is 12.3. The number of fused-ring (bicyclic) bond motifs is 1. The van der Waals surface area contributed by atoms with Crippen LogP contribution < -0.4 is 10.6 Å². The zero-order valence-electron chi connectivity index (χ0n) is 19.1. The maximum Gasteiger partial charge on any atom is 0.315 e. The van der Waals surface area contributed by atoms with E-state index in [1.54, 1.807) is 5.57 Å². The van der Waals surface area contributed by atoms with Crippen molar-refractivity contribution in [3.05, 3.63) is 70.0 Å².